The Morgan fingerprint density at radius 2 is 0.630 bits per heavy atom. The number of rotatable bonds is 5. The van der Waals surface area contributed by atoms with Gasteiger partial charge < -0.3 is 4.90 Å². The van der Waals surface area contributed by atoms with Crippen LogP contribution in [0.1, 0.15) is 25.0 Å². The van der Waals surface area contributed by atoms with E-state index in [1.54, 1.807) is 0 Å². The molecular formula is C45H35N. The van der Waals surface area contributed by atoms with Crippen LogP contribution < -0.4 is 4.90 Å². The maximum absolute atomic E-state index is 2.45. The van der Waals surface area contributed by atoms with Crippen LogP contribution in [-0.2, 0) is 5.41 Å². The van der Waals surface area contributed by atoms with E-state index in [1.807, 2.05) is 0 Å². The predicted octanol–water partition coefficient (Wildman–Crippen LogP) is 12.5. The molecule has 220 valence electrons. The van der Waals surface area contributed by atoms with Gasteiger partial charge in [0.2, 0.25) is 0 Å². The van der Waals surface area contributed by atoms with Crippen LogP contribution in [0.5, 0.6) is 0 Å². The van der Waals surface area contributed by atoms with Gasteiger partial charge in [0.1, 0.15) is 0 Å². The molecule has 0 aliphatic carbocycles. The van der Waals surface area contributed by atoms with Crippen molar-refractivity contribution in [2.45, 2.75) is 19.3 Å². The normalized spacial score (nSPS) is 13.1. The van der Waals surface area contributed by atoms with Crippen molar-refractivity contribution >= 4 is 17.1 Å². The maximum atomic E-state index is 2.45. The zero-order chi connectivity index (χ0) is 31.1. The molecule has 7 aromatic rings. The summed E-state index contributed by atoms with van der Waals surface area (Å²) < 4.78 is 0. The van der Waals surface area contributed by atoms with E-state index in [1.165, 1.54) is 67.0 Å². The third kappa shape index (κ3) is 4.91. The van der Waals surface area contributed by atoms with Gasteiger partial charge in [0.25, 0.3) is 0 Å². The number of fused-ring (bicyclic) bond motifs is 2. The molecule has 7 aromatic carbocycles. The molecule has 1 heterocycles. The first-order valence-corrected chi connectivity index (χ1v) is 16.0. The molecule has 0 aromatic heterocycles. The highest BCUT2D eigenvalue weighted by molar-refractivity contribution is 5.89. The van der Waals surface area contributed by atoms with Crippen LogP contribution >= 0.6 is 0 Å². The fourth-order valence-corrected chi connectivity index (χ4v) is 6.93. The zero-order valence-electron chi connectivity index (χ0n) is 26.2. The highest BCUT2D eigenvalue weighted by Crippen LogP contribution is 2.53. The summed E-state index contributed by atoms with van der Waals surface area (Å²) in [6, 6.07) is 63.8. The van der Waals surface area contributed by atoms with E-state index in [-0.39, 0.29) is 5.41 Å². The third-order valence-electron chi connectivity index (χ3n) is 9.49. The molecule has 0 amide bonds. The molecule has 0 spiro atoms. The average Bonchev–Trinajstić information content (AvgIpc) is 3.13. The summed E-state index contributed by atoms with van der Waals surface area (Å²) in [7, 11) is 0. The van der Waals surface area contributed by atoms with Gasteiger partial charge in [-0.15, -0.1) is 0 Å². The standard InChI is InChI=1S/C45H35N/c1-45(2)41-30-38(33-14-8-4-9-15-33)24-28-43(41)46(44-29-25-39(31-42(44)45)34-16-10-5-11-17-34)40-26-22-37(23-27-40)36-20-18-35(19-21-36)32-12-6-3-7-13-32/h3-31H,1-2H3. The Labute approximate surface area is 272 Å². The Kier molecular flexibility index (Phi) is 6.88. The number of benzene rings is 7. The molecule has 0 radical (unpaired) electrons. The summed E-state index contributed by atoms with van der Waals surface area (Å²) in [4.78, 5) is 2.45. The largest absolute Gasteiger partial charge is 0.310 e. The van der Waals surface area contributed by atoms with E-state index in [2.05, 4.69) is 195 Å². The van der Waals surface area contributed by atoms with Gasteiger partial charge in [-0.05, 0) is 92.0 Å². The van der Waals surface area contributed by atoms with Crippen molar-refractivity contribution in [3.63, 3.8) is 0 Å². The smallest absolute Gasteiger partial charge is 0.0503 e. The minimum atomic E-state index is -0.197. The second-order valence-electron chi connectivity index (χ2n) is 12.6. The quantitative estimate of drug-likeness (QED) is 0.193. The monoisotopic (exact) mass is 589 g/mol. The van der Waals surface area contributed by atoms with E-state index in [0.717, 1.165) is 5.69 Å². The number of hydrogen-bond acceptors (Lipinski definition) is 1. The highest BCUT2D eigenvalue weighted by atomic mass is 15.2. The zero-order valence-corrected chi connectivity index (χ0v) is 26.2. The van der Waals surface area contributed by atoms with E-state index in [4.69, 9.17) is 0 Å². The fourth-order valence-electron chi connectivity index (χ4n) is 6.93. The van der Waals surface area contributed by atoms with Gasteiger partial charge in [0, 0.05) is 11.1 Å². The summed E-state index contributed by atoms with van der Waals surface area (Å²) in [5.41, 5.74) is 15.9. The van der Waals surface area contributed by atoms with Crippen LogP contribution in [0.2, 0.25) is 0 Å². The Morgan fingerprint density at radius 1 is 0.326 bits per heavy atom. The van der Waals surface area contributed by atoms with E-state index in [9.17, 15) is 0 Å². The molecule has 8 rings (SSSR count). The van der Waals surface area contributed by atoms with Crippen LogP contribution in [-0.4, -0.2) is 0 Å². The molecule has 1 heteroatoms. The minimum Gasteiger partial charge on any atom is -0.310 e. The van der Waals surface area contributed by atoms with Gasteiger partial charge >= 0.3 is 0 Å². The molecule has 0 N–H and O–H groups in total. The Hall–Kier alpha value is -5.66. The van der Waals surface area contributed by atoms with Crippen LogP contribution in [0.25, 0.3) is 44.5 Å². The van der Waals surface area contributed by atoms with Gasteiger partial charge in [-0.3, -0.25) is 0 Å². The van der Waals surface area contributed by atoms with Crippen molar-refractivity contribution in [1.82, 2.24) is 0 Å². The van der Waals surface area contributed by atoms with Crippen molar-refractivity contribution < 1.29 is 0 Å². The second-order valence-corrected chi connectivity index (χ2v) is 12.6. The number of hydrogen-bond donors (Lipinski definition) is 0. The van der Waals surface area contributed by atoms with Gasteiger partial charge in [0.15, 0.2) is 0 Å². The summed E-state index contributed by atoms with van der Waals surface area (Å²) in [5, 5.41) is 0. The average molecular weight is 590 g/mol. The lowest BCUT2D eigenvalue weighted by atomic mass is 9.72. The first-order chi connectivity index (χ1) is 22.6. The van der Waals surface area contributed by atoms with Crippen LogP contribution in [0.4, 0.5) is 17.1 Å². The minimum absolute atomic E-state index is 0.197. The molecule has 0 bridgehead atoms. The molecule has 1 aliphatic rings. The van der Waals surface area contributed by atoms with Crippen LogP contribution in [0.3, 0.4) is 0 Å². The third-order valence-corrected chi connectivity index (χ3v) is 9.49. The van der Waals surface area contributed by atoms with Crippen molar-refractivity contribution in [1.29, 1.82) is 0 Å². The lowest BCUT2D eigenvalue weighted by Crippen LogP contribution is -2.30. The van der Waals surface area contributed by atoms with Crippen molar-refractivity contribution in [3.05, 3.63) is 187 Å². The Bertz CT molecular complexity index is 2030. The van der Waals surface area contributed by atoms with Crippen molar-refractivity contribution in [3.8, 4) is 44.5 Å². The van der Waals surface area contributed by atoms with Gasteiger partial charge in [-0.2, -0.15) is 0 Å². The van der Waals surface area contributed by atoms with Gasteiger partial charge in [-0.25, -0.2) is 0 Å². The molecule has 1 aliphatic heterocycles. The van der Waals surface area contributed by atoms with Crippen LogP contribution in [0, 0.1) is 0 Å². The maximum Gasteiger partial charge on any atom is 0.0503 e. The predicted molar refractivity (Wildman–Crippen MR) is 195 cm³/mol. The second kappa shape index (κ2) is 11.4. The molecule has 46 heavy (non-hydrogen) atoms. The highest BCUT2D eigenvalue weighted by Gasteiger charge is 2.37. The first-order valence-electron chi connectivity index (χ1n) is 16.0. The van der Waals surface area contributed by atoms with Crippen molar-refractivity contribution in [2.24, 2.45) is 0 Å². The Morgan fingerprint density at radius 3 is 1.02 bits per heavy atom. The number of anilines is 3. The van der Waals surface area contributed by atoms with Gasteiger partial charge in [0.05, 0.1) is 11.4 Å². The van der Waals surface area contributed by atoms with E-state index >= 15 is 0 Å². The molecule has 0 saturated heterocycles. The van der Waals surface area contributed by atoms with Crippen LogP contribution in [0.15, 0.2) is 176 Å². The molecule has 1 nitrogen and oxygen atoms in total. The summed E-state index contributed by atoms with van der Waals surface area (Å²) >= 11 is 0. The van der Waals surface area contributed by atoms with E-state index < -0.39 is 0 Å². The molecule has 0 unspecified atom stereocenters. The molecule has 0 fully saturated rings. The number of nitrogens with zero attached hydrogens (tertiary/aromatic N) is 1. The fraction of sp³-hybridized carbons (Fsp3) is 0.0667. The summed E-state index contributed by atoms with van der Waals surface area (Å²) in [6.45, 7) is 4.74. The molecule has 0 atom stereocenters. The van der Waals surface area contributed by atoms with E-state index in [0.29, 0.717) is 0 Å². The lowest BCUT2D eigenvalue weighted by molar-refractivity contribution is 0.632. The molecule has 0 saturated carbocycles. The Balaban J connectivity index is 1.23. The van der Waals surface area contributed by atoms with Crippen molar-refractivity contribution in [2.75, 3.05) is 4.90 Å². The molecular weight excluding hydrogens is 555 g/mol. The summed E-state index contributed by atoms with van der Waals surface area (Å²) in [5.74, 6) is 0. The van der Waals surface area contributed by atoms with Gasteiger partial charge in [-0.1, -0.05) is 153 Å². The summed E-state index contributed by atoms with van der Waals surface area (Å²) in [6.07, 6.45) is 0. The first kappa shape index (κ1) is 27.9. The SMILES string of the molecule is CC1(C)c2cc(-c3ccccc3)ccc2N(c2ccc(-c3ccc(-c4ccccc4)cc3)cc2)c2ccc(-c3ccccc3)cc21. The lowest BCUT2D eigenvalue weighted by Gasteiger charge is -2.42. The topological polar surface area (TPSA) is 3.24 Å².